The van der Waals surface area contributed by atoms with Gasteiger partial charge in [0.05, 0.1) is 10.6 Å². The number of amides is 1. The van der Waals surface area contributed by atoms with Crippen LogP contribution < -0.4 is 9.62 Å². The Morgan fingerprint density at radius 1 is 1.00 bits per heavy atom. The van der Waals surface area contributed by atoms with Crippen molar-refractivity contribution >= 4 is 21.6 Å². The van der Waals surface area contributed by atoms with Gasteiger partial charge < -0.3 is 5.32 Å². The van der Waals surface area contributed by atoms with Crippen molar-refractivity contribution in [3.63, 3.8) is 0 Å². The fraction of sp³-hybridized carbons (Fsp3) is 0.381. The van der Waals surface area contributed by atoms with Gasteiger partial charge in [0.1, 0.15) is 6.54 Å². The van der Waals surface area contributed by atoms with Crippen molar-refractivity contribution in [1.29, 1.82) is 0 Å². The molecule has 0 aromatic heterocycles. The molecule has 2 rings (SSSR count). The van der Waals surface area contributed by atoms with E-state index in [9.17, 15) is 13.2 Å². The van der Waals surface area contributed by atoms with Gasteiger partial charge in [0.2, 0.25) is 5.91 Å². The van der Waals surface area contributed by atoms with E-state index in [2.05, 4.69) is 5.32 Å². The van der Waals surface area contributed by atoms with Crippen molar-refractivity contribution in [3.05, 3.63) is 59.7 Å². The number of nitrogens with one attached hydrogen (secondary N) is 1. The van der Waals surface area contributed by atoms with Gasteiger partial charge in [-0.2, -0.15) is 0 Å². The first-order chi connectivity index (χ1) is 12.6. The summed E-state index contributed by atoms with van der Waals surface area (Å²) in [6, 6.07) is 13.7. The molecule has 0 aliphatic rings. The minimum Gasteiger partial charge on any atom is -0.352 e. The molecule has 1 amide bonds. The van der Waals surface area contributed by atoms with Crippen molar-refractivity contribution in [2.45, 2.75) is 45.6 Å². The van der Waals surface area contributed by atoms with Gasteiger partial charge in [-0.1, -0.05) is 38.1 Å². The zero-order chi connectivity index (χ0) is 20.2. The number of hydrogen-bond donors (Lipinski definition) is 1. The fourth-order valence-electron chi connectivity index (χ4n) is 2.73. The van der Waals surface area contributed by atoms with Crippen LogP contribution in [0.2, 0.25) is 0 Å². The number of carbonyl (C=O) groups is 1. The van der Waals surface area contributed by atoms with Crippen LogP contribution in [-0.2, 0) is 14.8 Å². The topological polar surface area (TPSA) is 66.5 Å². The lowest BCUT2D eigenvalue weighted by Crippen LogP contribution is -2.45. The first kappa shape index (κ1) is 21.0. The number of aryl methyl sites for hydroxylation is 2. The molecule has 0 aliphatic carbocycles. The standard InChI is InChI=1S/C21H28N2O3S/c1-15(2)18(5)22-21(24)14-23(19-12-16(3)11-17(4)13-19)27(25,26)20-9-7-6-8-10-20/h6-13,15,18H,14H2,1-5H3,(H,22,24). The molecular formula is C21H28N2O3S. The number of rotatable bonds is 7. The Bertz CT molecular complexity index is 873. The van der Waals surface area contributed by atoms with E-state index in [0.717, 1.165) is 11.1 Å². The van der Waals surface area contributed by atoms with Crippen molar-refractivity contribution in [3.8, 4) is 0 Å². The van der Waals surface area contributed by atoms with E-state index in [4.69, 9.17) is 0 Å². The molecule has 0 fully saturated rings. The first-order valence-corrected chi connectivity index (χ1v) is 10.5. The van der Waals surface area contributed by atoms with E-state index < -0.39 is 10.0 Å². The van der Waals surface area contributed by atoms with Gasteiger partial charge in [-0.15, -0.1) is 0 Å². The quantitative estimate of drug-likeness (QED) is 0.787. The van der Waals surface area contributed by atoms with Crippen LogP contribution in [0.1, 0.15) is 31.9 Å². The average Bonchev–Trinajstić information content (AvgIpc) is 2.59. The first-order valence-electron chi connectivity index (χ1n) is 9.06. The third-order valence-corrected chi connectivity index (χ3v) is 6.29. The number of carbonyl (C=O) groups excluding carboxylic acids is 1. The molecule has 1 N–H and O–H groups in total. The maximum atomic E-state index is 13.3. The van der Waals surface area contributed by atoms with Crippen LogP contribution in [0.4, 0.5) is 5.69 Å². The number of sulfonamides is 1. The van der Waals surface area contributed by atoms with Crippen LogP contribution in [0.25, 0.3) is 0 Å². The Labute approximate surface area is 162 Å². The molecule has 0 saturated heterocycles. The highest BCUT2D eigenvalue weighted by atomic mass is 32.2. The van der Waals surface area contributed by atoms with Gasteiger partial charge in [-0.3, -0.25) is 9.10 Å². The minimum atomic E-state index is -3.87. The smallest absolute Gasteiger partial charge is 0.264 e. The summed E-state index contributed by atoms with van der Waals surface area (Å²) in [5.41, 5.74) is 2.37. The van der Waals surface area contributed by atoms with Crippen LogP contribution in [0.5, 0.6) is 0 Å². The van der Waals surface area contributed by atoms with Gasteiger partial charge >= 0.3 is 0 Å². The third-order valence-electron chi connectivity index (χ3n) is 4.50. The number of anilines is 1. The Hall–Kier alpha value is -2.34. The zero-order valence-electron chi connectivity index (χ0n) is 16.6. The Morgan fingerprint density at radius 3 is 2.07 bits per heavy atom. The van der Waals surface area contributed by atoms with Crippen molar-refractivity contribution in [1.82, 2.24) is 5.32 Å². The lowest BCUT2D eigenvalue weighted by atomic mass is 10.1. The summed E-state index contributed by atoms with van der Waals surface area (Å²) in [6.07, 6.45) is 0. The molecule has 2 aromatic rings. The van der Waals surface area contributed by atoms with Gasteiger partial charge in [-0.05, 0) is 62.1 Å². The molecule has 0 spiro atoms. The SMILES string of the molecule is Cc1cc(C)cc(N(CC(=O)NC(C)C(C)C)S(=O)(=O)c2ccccc2)c1. The fourth-order valence-corrected chi connectivity index (χ4v) is 4.15. The van der Waals surface area contributed by atoms with E-state index in [0.29, 0.717) is 5.69 Å². The molecule has 5 nitrogen and oxygen atoms in total. The molecule has 6 heteroatoms. The molecule has 27 heavy (non-hydrogen) atoms. The van der Waals surface area contributed by atoms with E-state index in [-0.39, 0.29) is 29.3 Å². The highest BCUT2D eigenvalue weighted by Gasteiger charge is 2.28. The molecule has 0 aliphatic heterocycles. The Kier molecular flexibility index (Phi) is 6.65. The van der Waals surface area contributed by atoms with Crippen LogP contribution in [0.3, 0.4) is 0 Å². The van der Waals surface area contributed by atoms with Crippen molar-refractivity contribution < 1.29 is 13.2 Å². The van der Waals surface area contributed by atoms with Gasteiger partial charge in [0.25, 0.3) is 10.0 Å². The Balaban J connectivity index is 2.44. The predicted octanol–water partition coefficient (Wildman–Crippen LogP) is 3.66. The lowest BCUT2D eigenvalue weighted by molar-refractivity contribution is -0.120. The monoisotopic (exact) mass is 388 g/mol. The summed E-state index contributed by atoms with van der Waals surface area (Å²) in [5.74, 6) is -0.0655. The predicted molar refractivity (Wildman–Crippen MR) is 109 cm³/mol. The van der Waals surface area contributed by atoms with Gasteiger partial charge in [0, 0.05) is 6.04 Å². The van der Waals surface area contributed by atoms with Crippen molar-refractivity contribution in [2.24, 2.45) is 5.92 Å². The molecular weight excluding hydrogens is 360 g/mol. The van der Waals surface area contributed by atoms with E-state index in [1.54, 1.807) is 42.5 Å². The molecule has 146 valence electrons. The maximum absolute atomic E-state index is 13.3. The van der Waals surface area contributed by atoms with Gasteiger partial charge in [0.15, 0.2) is 0 Å². The largest absolute Gasteiger partial charge is 0.352 e. The molecule has 1 unspecified atom stereocenters. The van der Waals surface area contributed by atoms with E-state index in [1.807, 2.05) is 40.7 Å². The van der Waals surface area contributed by atoms with E-state index in [1.165, 1.54) is 4.31 Å². The number of hydrogen-bond acceptors (Lipinski definition) is 3. The summed E-state index contributed by atoms with van der Waals surface area (Å²) in [6.45, 7) is 9.47. The molecule has 0 saturated carbocycles. The number of benzene rings is 2. The second-order valence-corrected chi connectivity index (χ2v) is 9.13. The molecule has 0 radical (unpaired) electrons. The summed E-state index contributed by atoms with van der Waals surface area (Å²) >= 11 is 0. The minimum absolute atomic E-state index is 0.0435. The maximum Gasteiger partial charge on any atom is 0.264 e. The van der Waals surface area contributed by atoms with E-state index >= 15 is 0 Å². The van der Waals surface area contributed by atoms with Crippen LogP contribution in [0.15, 0.2) is 53.4 Å². The van der Waals surface area contributed by atoms with Crippen LogP contribution in [0, 0.1) is 19.8 Å². The Morgan fingerprint density at radius 2 is 1.56 bits per heavy atom. The summed E-state index contributed by atoms with van der Waals surface area (Å²) < 4.78 is 27.7. The van der Waals surface area contributed by atoms with Gasteiger partial charge in [-0.25, -0.2) is 8.42 Å². The molecule has 0 bridgehead atoms. The highest BCUT2D eigenvalue weighted by molar-refractivity contribution is 7.92. The average molecular weight is 389 g/mol. The second-order valence-electron chi connectivity index (χ2n) is 7.27. The normalized spacial score (nSPS) is 12.7. The summed E-state index contributed by atoms with van der Waals surface area (Å²) in [7, 11) is -3.87. The highest BCUT2D eigenvalue weighted by Crippen LogP contribution is 2.25. The lowest BCUT2D eigenvalue weighted by Gasteiger charge is -2.26. The van der Waals surface area contributed by atoms with Crippen molar-refractivity contribution in [2.75, 3.05) is 10.8 Å². The third kappa shape index (κ3) is 5.32. The second kappa shape index (κ2) is 8.57. The number of nitrogens with zero attached hydrogens (tertiary/aromatic N) is 1. The summed E-state index contributed by atoms with van der Waals surface area (Å²) in [5, 5.41) is 2.89. The van der Waals surface area contributed by atoms with Crippen LogP contribution >= 0.6 is 0 Å². The zero-order valence-corrected chi connectivity index (χ0v) is 17.4. The van der Waals surface area contributed by atoms with Crippen LogP contribution in [-0.4, -0.2) is 26.9 Å². The molecule has 2 aromatic carbocycles. The summed E-state index contributed by atoms with van der Waals surface area (Å²) in [4.78, 5) is 12.7. The molecule has 0 heterocycles. The molecule has 1 atom stereocenters.